The van der Waals surface area contributed by atoms with Gasteiger partial charge in [-0.15, -0.1) is 6.92 Å². The van der Waals surface area contributed by atoms with Gasteiger partial charge < -0.3 is 35.9 Å². The number of hydrogen-bond donors (Lipinski definition) is 4. The van der Waals surface area contributed by atoms with Crippen LogP contribution in [0.1, 0.15) is 33.6 Å². The van der Waals surface area contributed by atoms with Gasteiger partial charge in [-0.2, -0.15) is 25.3 Å². The highest BCUT2D eigenvalue weighted by atomic mass is 32.3. The van der Waals surface area contributed by atoms with Crippen LogP contribution in [0.2, 0.25) is 0 Å². The van der Waals surface area contributed by atoms with E-state index in [-0.39, 0.29) is 12.8 Å². The number of methoxy groups -OCH3 is 1. The summed E-state index contributed by atoms with van der Waals surface area (Å²) in [5, 5.41) is 3.08. The van der Waals surface area contributed by atoms with Gasteiger partial charge in [0.1, 0.15) is 12.2 Å². The zero-order chi connectivity index (χ0) is 30.0. The van der Waals surface area contributed by atoms with E-state index in [2.05, 4.69) is 9.50 Å². The Bertz CT molecular complexity index is 1220. The van der Waals surface area contributed by atoms with Crippen molar-refractivity contribution >= 4 is 31.2 Å². The topological polar surface area (TPSA) is 240 Å². The second-order valence-corrected chi connectivity index (χ2v) is 12.6. The molecule has 0 unspecified atom stereocenters. The van der Waals surface area contributed by atoms with Gasteiger partial charge in [0.15, 0.2) is 12.6 Å². The van der Waals surface area contributed by atoms with E-state index in [0.29, 0.717) is 0 Å². The predicted octanol–water partition coefficient (Wildman–Crippen LogP) is -0.453. The molecule has 2 fully saturated rings. The third kappa shape index (κ3) is 10.0. The molecule has 0 amide bonds. The summed E-state index contributed by atoms with van der Waals surface area (Å²) >= 11 is 0. The maximum absolute atomic E-state index is 11.6. The Morgan fingerprint density at radius 2 is 1.40 bits per heavy atom. The molecule has 20 heteroatoms. The van der Waals surface area contributed by atoms with Gasteiger partial charge in [-0.05, 0) is 26.3 Å². The van der Waals surface area contributed by atoms with E-state index >= 15 is 0 Å². The summed E-state index contributed by atoms with van der Waals surface area (Å²) in [4.78, 5) is 0. The van der Waals surface area contributed by atoms with Gasteiger partial charge in [0.05, 0.1) is 18.3 Å². The molecule has 2 heterocycles. The Hall–Kier alpha value is -1.11. The fourth-order valence-corrected chi connectivity index (χ4v) is 6.07. The van der Waals surface area contributed by atoms with E-state index in [0.717, 1.165) is 5.57 Å². The molecule has 0 aromatic rings. The number of nitrogens with one attached hydrogen (secondary N) is 1. The van der Waals surface area contributed by atoms with Gasteiger partial charge in [0.2, 0.25) is 0 Å². The first-order valence-corrected chi connectivity index (χ1v) is 16.0. The standard InChI is InChI=1S/C20H33NO16S3/c1-10-5-6-15(35-38(22,23)24)14(7-10)21-13-8-17(36-39(25,26)27)20(32-11(13)2)34-16-9-18(37-40(28,29)30)19(31-4)33-12(16)3/h5-7,11-21H,8-9H2,1-4H3,(H,22,23,24)(H,25,26,27)(H,28,29,30)/q-2/t11-,12-,13+,14+,15-,16+,17-,18-,19+,20-/m1/s1. The largest absolute Gasteiger partial charge is 0.397 e. The van der Waals surface area contributed by atoms with Crippen LogP contribution in [0.25, 0.3) is 0 Å². The average molecular weight is 640 g/mol. The van der Waals surface area contributed by atoms with Crippen molar-refractivity contribution in [2.45, 2.75) is 94.9 Å². The minimum atomic E-state index is -5.01. The lowest BCUT2D eigenvalue weighted by molar-refractivity contribution is -0.305. The van der Waals surface area contributed by atoms with Crippen LogP contribution in [0, 0.1) is 12.8 Å². The second kappa shape index (κ2) is 13.0. The molecule has 2 aliphatic heterocycles. The molecule has 0 aromatic carbocycles. The first-order valence-electron chi connectivity index (χ1n) is 11.9. The van der Waals surface area contributed by atoms with Crippen LogP contribution >= 0.6 is 0 Å². The molecular weight excluding hydrogens is 606 g/mol. The highest BCUT2D eigenvalue weighted by Gasteiger charge is 2.45. The van der Waals surface area contributed by atoms with Crippen molar-refractivity contribution in [1.82, 2.24) is 5.32 Å². The average Bonchev–Trinajstić information content (AvgIpc) is 2.77. The third-order valence-corrected chi connectivity index (χ3v) is 7.81. The summed E-state index contributed by atoms with van der Waals surface area (Å²) in [7, 11) is -13.5. The molecule has 3 aliphatic rings. The lowest BCUT2D eigenvalue weighted by atomic mass is 9.90. The first-order chi connectivity index (χ1) is 18.3. The van der Waals surface area contributed by atoms with E-state index in [1.54, 1.807) is 33.3 Å². The molecule has 2 saturated heterocycles. The predicted molar refractivity (Wildman–Crippen MR) is 132 cm³/mol. The van der Waals surface area contributed by atoms with Gasteiger partial charge in [-0.1, -0.05) is 0 Å². The molecule has 0 radical (unpaired) electrons. The molecular formula is C20H33NO16S3-2. The molecule has 234 valence electrons. The fourth-order valence-electron chi connectivity index (χ4n) is 4.64. The van der Waals surface area contributed by atoms with Gasteiger partial charge in [0.25, 0.3) is 0 Å². The molecule has 40 heavy (non-hydrogen) atoms. The monoisotopic (exact) mass is 639 g/mol. The van der Waals surface area contributed by atoms with Gasteiger partial charge in [-0.25, -0.2) is 8.37 Å². The maximum atomic E-state index is 11.6. The highest BCUT2D eigenvalue weighted by molar-refractivity contribution is 7.81. The quantitative estimate of drug-likeness (QED) is 0.165. The molecule has 17 nitrogen and oxygen atoms in total. The van der Waals surface area contributed by atoms with Crippen LogP contribution in [0.5, 0.6) is 0 Å². The Balaban J connectivity index is 1.77. The number of hydrogen-bond acceptors (Lipinski definition) is 14. The Morgan fingerprint density at radius 3 is 1.95 bits per heavy atom. The summed E-state index contributed by atoms with van der Waals surface area (Å²) < 4.78 is 133. The van der Waals surface area contributed by atoms with Gasteiger partial charge in [0, 0.05) is 25.7 Å². The molecule has 4 N–H and O–H groups in total. The van der Waals surface area contributed by atoms with Crippen molar-refractivity contribution in [3.8, 4) is 0 Å². The Morgan fingerprint density at radius 1 is 0.850 bits per heavy atom. The van der Waals surface area contributed by atoms with Crippen molar-refractivity contribution in [2.75, 3.05) is 7.11 Å². The van der Waals surface area contributed by atoms with Crippen LogP contribution < -0.4 is 5.32 Å². The summed E-state index contributed by atoms with van der Waals surface area (Å²) in [6.45, 7) is 4.91. The minimum absolute atomic E-state index is 0.148. The van der Waals surface area contributed by atoms with E-state index in [9.17, 15) is 29.8 Å². The minimum Gasteiger partial charge on any atom is -0.373 e. The zero-order valence-corrected chi connectivity index (χ0v) is 24.2. The molecule has 0 bridgehead atoms. The van der Waals surface area contributed by atoms with Crippen molar-refractivity contribution in [3.05, 3.63) is 24.5 Å². The second-order valence-electron chi connectivity index (χ2n) is 9.48. The van der Waals surface area contributed by atoms with Crippen LogP contribution in [0.3, 0.4) is 0 Å². The van der Waals surface area contributed by atoms with Crippen molar-refractivity contribution in [2.24, 2.45) is 0 Å². The summed E-state index contributed by atoms with van der Waals surface area (Å²) in [6.07, 6.45) is -4.69. The molecule has 0 spiro atoms. The van der Waals surface area contributed by atoms with Crippen molar-refractivity contribution < 1.29 is 70.4 Å². The molecule has 0 saturated carbocycles. The smallest absolute Gasteiger partial charge is 0.373 e. The SMILES string of the molecule is CO[C@H]1O[C@H](C)[C@@H](O[C@H]2O[C@H](C)[C@@H](N[C@H]3[CH-]C(C)=C[CH-][C@H]3OS(=O)(=O)O)C[C@H]2OS(=O)(=O)O)C[C@H]1OS(=O)(=O)O. The van der Waals surface area contributed by atoms with Crippen molar-refractivity contribution in [3.63, 3.8) is 0 Å². The molecule has 10 atom stereocenters. The lowest BCUT2D eigenvalue weighted by Gasteiger charge is -2.48. The van der Waals surface area contributed by atoms with Crippen LogP contribution in [-0.4, -0.2) is 107 Å². The Kier molecular flexibility index (Phi) is 10.9. The molecule has 0 aromatic heterocycles. The molecule has 3 rings (SSSR count). The Labute approximate surface area is 233 Å². The number of ether oxygens (including phenoxy) is 4. The fraction of sp³-hybridized carbons (Fsp3) is 0.800. The molecule has 1 aliphatic carbocycles. The summed E-state index contributed by atoms with van der Waals surface area (Å²) in [5.74, 6) is 0. The van der Waals surface area contributed by atoms with Crippen LogP contribution in [-0.2, 0) is 62.7 Å². The maximum Gasteiger partial charge on any atom is 0.397 e. The van der Waals surface area contributed by atoms with E-state index in [1.807, 2.05) is 0 Å². The first kappa shape index (κ1) is 33.4. The van der Waals surface area contributed by atoms with Crippen molar-refractivity contribution in [1.29, 1.82) is 0 Å². The lowest BCUT2D eigenvalue weighted by Crippen LogP contribution is -2.60. The van der Waals surface area contributed by atoms with Gasteiger partial charge in [-0.3, -0.25) is 30.7 Å². The van der Waals surface area contributed by atoms with Crippen LogP contribution in [0.4, 0.5) is 0 Å². The van der Waals surface area contributed by atoms with E-state index < -0.39 is 92.5 Å². The van der Waals surface area contributed by atoms with Gasteiger partial charge >= 0.3 is 31.2 Å². The normalized spacial score (nSPS) is 37.7. The number of rotatable bonds is 11. The summed E-state index contributed by atoms with van der Waals surface area (Å²) in [6, 6.07) is -1.52. The summed E-state index contributed by atoms with van der Waals surface area (Å²) in [5.41, 5.74) is 0.742. The highest BCUT2D eigenvalue weighted by Crippen LogP contribution is 2.32. The van der Waals surface area contributed by atoms with Crippen LogP contribution in [0.15, 0.2) is 11.6 Å². The zero-order valence-electron chi connectivity index (χ0n) is 21.8. The van der Waals surface area contributed by atoms with E-state index in [1.165, 1.54) is 13.5 Å². The third-order valence-electron chi connectivity index (χ3n) is 6.36. The van der Waals surface area contributed by atoms with E-state index in [4.69, 9.17) is 36.4 Å².